The fourth-order valence-corrected chi connectivity index (χ4v) is 4.62. The van der Waals surface area contributed by atoms with Crippen LogP contribution in [0.4, 0.5) is 13.2 Å². The number of rotatable bonds is 4. The van der Waals surface area contributed by atoms with Gasteiger partial charge in [0, 0.05) is 11.1 Å². The van der Waals surface area contributed by atoms with Crippen molar-refractivity contribution in [3.8, 4) is 11.1 Å². The molecule has 0 unspecified atom stereocenters. The first-order valence-corrected chi connectivity index (χ1v) is 10.5. The van der Waals surface area contributed by atoms with Crippen molar-refractivity contribution in [1.29, 1.82) is 0 Å². The number of hydrogen-bond donors (Lipinski definition) is 0. The van der Waals surface area contributed by atoms with E-state index < -0.39 is 17.5 Å². The molecule has 0 N–H and O–H groups in total. The topological polar surface area (TPSA) is 0 Å². The van der Waals surface area contributed by atoms with Crippen molar-refractivity contribution >= 4 is 16.8 Å². The van der Waals surface area contributed by atoms with Crippen LogP contribution < -0.4 is 0 Å². The summed E-state index contributed by atoms with van der Waals surface area (Å²) >= 11 is 0. The molecule has 3 heteroatoms. The maximum Gasteiger partial charge on any atom is 0.170 e. The van der Waals surface area contributed by atoms with Crippen LogP contribution in [0.2, 0.25) is 0 Å². The SMILES string of the molecule is C=Cc1ccc2cc(-c3ccc(C4CCC(/C=C/C)CC4)cc3)c(F)c(F)c2c1F. The van der Waals surface area contributed by atoms with E-state index in [-0.39, 0.29) is 16.5 Å². The van der Waals surface area contributed by atoms with Crippen LogP contribution in [0.3, 0.4) is 0 Å². The van der Waals surface area contributed by atoms with Crippen molar-refractivity contribution in [3.63, 3.8) is 0 Å². The van der Waals surface area contributed by atoms with Crippen LogP contribution in [-0.2, 0) is 0 Å². The molecular weight excluding hydrogens is 381 g/mol. The van der Waals surface area contributed by atoms with Crippen molar-refractivity contribution in [2.45, 2.75) is 38.5 Å². The number of hydrogen-bond acceptors (Lipinski definition) is 0. The molecule has 154 valence electrons. The molecule has 4 rings (SSSR count). The Labute approximate surface area is 175 Å². The highest BCUT2D eigenvalue weighted by Crippen LogP contribution is 2.38. The second-order valence-corrected chi connectivity index (χ2v) is 8.08. The molecule has 0 aromatic heterocycles. The highest BCUT2D eigenvalue weighted by molar-refractivity contribution is 5.90. The van der Waals surface area contributed by atoms with Gasteiger partial charge in [0.05, 0.1) is 5.39 Å². The van der Waals surface area contributed by atoms with Gasteiger partial charge in [-0.3, -0.25) is 0 Å². The lowest BCUT2D eigenvalue weighted by atomic mass is 9.78. The smallest absolute Gasteiger partial charge is 0.170 e. The molecule has 1 saturated carbocycles. The molecule has 0 radical (unpaired) electrons. The zero-order chi connectivity index (χ0) is 21.3. The van der Waals surface area contributed by atoms with Crippen molar-refractivity contribution in [2.24, 2.45) is 5.92 Å². The summed E-state index contributed by atoms with van der Waals surface area (Å²) in [4.78, 5) is 0. The summed E-state index contributed by atoms with van der Waals surface area (Å²) in [6.07, 6.45) is 10.3. The number of fused-ring (bicyclic) bond motifs is 1. The van der Waals surface area contributed by atoms with Gasteiger partial charge in [0.25, 0.3) is 0 Å². The Morgan fingerprint density at radius 3 is 2.20 bits per heavy atom. The van der Waals surface area contributed by atoms with Gasteiger partial charge in [-0.15, -0.1) is 0 Å². The lowest BCUT2D eigenvalue weighted by Gasteiger charge is -2.27. The Hall–Kier alpha value is -2.81. The lowest BCUT2D eigenvalue weighted by Crippen LogP contribution is -2.11. The number of allylic oxidation sites excluding steroid dienone is 2. The lowest BCUT2D eigenvalue weighted by molar-refractivity contribution is 0.376. The average molecular weight is 406 g/mol. The normalized spacial score (nSPS) is 19.5. The zero-order valence-corrected chi connectivity index (χ0v) is 17.1. The first-order chi connectivity index (χ1) is 14.5. The zero-order valence-electron chi connectivity index (χ0n) is 17.1. The molecule has 0 bridgehead atoms. The third-order valence-corrected chi connectivity index (χ3v) is 6.30. The molecule has 3 aromatic carbocycles. The van der Waals surface area contributed by atoms with Crippen LogP contribution >= 0.6 is 0 Å². The maximum atomic E-state index is 14.8. The predicted octanol–water partition coefficient (Wildman–Crippen LogP) is 8.42. The first-order valence-electron chi connectivity index (χ1n) is 10.5. The van der Waals surface area contributed by atoms with Gasteiger partial charge in [0.15, 0.2) is 11.6 Å². The predicted molar refractivity (Wildman–Crippen MR) is 119 cm³/mol. The van der Waals surface area contributed by atoms with Gasteiger partial charge < -0.3 is 0 Å². The molecule has 30 heavy (non-hydrogen) atoms. The summed E-state index contributed by atoms with van der Waals surface area (Å²) in [6, 6.07) is 12.3. The van der Waals surface area contributed by atoms with E-state index in [0.717, 1.165) is 12.8 Å². The minimum absolute atomic E-state index is 0.147. The molecular formula is C27H25F3. The molecule has 0 spiro atoms. The fraction of sp³-hybridized carbons (Fsp3) is 0.259. The second-order valence-electron chi connectivity index (χ2n) is 8.08. The molecule has 0 heterocycles. The van der Waals surface area contributed by atoms with E-state index in [1.165, 1.54) is 36.6 Å². The van der Waals surface area contributed by atoms with Crippen molar-refractivity contribution < 1.29 is 13.2 Å². The Morgan fingerprint density at radius 2 is 1.57 bits per heavy atom. The molecule has 0 nitrogen and oxygen atoms in total. The second kappa shape index (κ2) is 8.51. The molecule has 1 fully saturated rings. The Balaban J connectivity index is 1.65. The molecule has 1 aliphatic rings. The quantitative estimate of drug-likeness (QED) is 0.381. The number of benzene rings is 3. The molecule has 0 aliphatic heterocycles. The van der Waals surface area contributed by atoms with Crippen LogP contribution in [0.25, 0.3) is 28.0 Å². The summed E-state index contributed by atoms with van der Waals surface area (Å²) in [5.41, 5.74) is 2.13. The van der Waals surface area contributed by atoms with Crippen LogP contribution in [0, 0.1) is 23.4 Å². The number of halogens is 3. The monoisotopic (exact) mass is 406 g/mol. The van der Waals surface area contributed by atoms with E-state index in [1.54, 1.807) is 6.07 Å². The molecule has 0 saturated heterocycles. The van der Waals surface area contributed by atoms with Crippen LogP contribution in [0.1, 0.15) is 49.7 Å². The van der Waals surface area contributed by atoms with Crippen LogP contribution in [0.5, 0.6) is 0 Å². The molecule has 0 atom stereocenters. The summed E-state index contributed by atoms with van der Waals surface area (Å²) < 4.78 is 44.1. The Kier molecular flexibility index (Phi) is 5.80. The summed E-state index contributed by atoms with van der Waals surface area (Å²) in [6.45, 7) is 5.58. The summed E-state index contributed by atoms with van der Waals surface area (Å²) in [5.74, 6) is -1.79. The van der Waals surface area contributed by atoms with Gasteiger partial charge in [-0.1, -0.05) is 61.2 Å². The van der Waals surface area contributed by atoms with Gasteiger partial charge in [0.1, 0.15) is 5.82 Å². The van der Waals surface area contributed by atoms with E-state index in [4.69, 9.17) is 0 Å². The minimum atomic E-state index is -1.16. The van der Waals surface area contributed by atoms with Crippen molar-refractivity contribution in [2.75, 3.05) is 0 Å². The Bertz CT molecular complexity index is 1100. The summed E-state index contributed by atoms with van der Waals surface area (Å²) in [5, 5.41) is 0.00142. The third kappa shape index (κ3) is 3.69. The fourth-order valence-electron chi connectivity index (χ4n) is 4.62. The first kappa shape index (κ1) is 20.5. The van der Waals surface area contributed by atoms with Gasteiger partial charge in [0.2, 0.25) is 0 Å². The van der Waals surface area contributed by atoms with Gasteiger partial charge in [-0.2, -0.15) is 0 Å². The molecule has 0 amide bonds. The standard InChI is InChI=1S/C27H25F3/c1-3-5-17-6-8-19(9-7-17)20-11-13-21(14-12-20)23-16-22-15-10-18(4-2)25(28)24(22)27(30)26(23)29/h3-5,10-17,19H,2,6-9H2,1H3/b5-3+. The highest BCUT2D eigenvalue weighted by atomic mass is 19.2. The van der Waals surface area contributed by atoms with E-state index in [2.05, 4.69) is 25.7 Å². The highest BCUT2D eigenvalue weighted by Gasteiger charge is 2.22. The van der Waals surface area contributed by atoms with E-state index in [1.807, 2.05) is 24.3 Å². The van der Waals surface area contributed by atoms with Crippen molar-refractivity contribution in [1.82, 2.24) is 0 Å². The largest absolute Gasteiger partial charge is 0.206 e. The summed E-state index contributed by atoms with van der Waals surface area (Å²) in [7, 11) is 0. The minimum Gasteiger partial charge on any atom is -0.206 e. The maximum absolute atomic E-state index is 14.8. The van der Waals surface area contributed by atoms with E-state index >= 15 is 0 Å². The van der Waals surface area contributed by atoms with E-state index in [9.17, 15) is 13.2 Å². The molecule has 1 aliphatic carbocycles. The average Bonchev–Trinajstić information content (AvgIpc) is 2.77. The third-order valence-electron chi connectivity index (χ3n) is 6.30. The Morgan fingerprint density at radius 1 is 0.867 bits per heavy atom. The van der Waals surface area contributed by atoms with Crippen LogP contribution in [-0.4, -0.2) is 0 Å². The van der Waals surface area contributed by atoms with Crippen LogP contribution in [0.15, 0.2) is 61.2 Å². The van der Waals surface area contributed by atoms with Gasteiger partial charge in [-0.05, 0) is 67.0 Å². The van der Waals surface area contributed by atoms with Gasteiger partial charge >= 0.3 is 0 Å². The van der Waals surface area contributed by atoms with Crippen molar-refractivity contribution in [3.05, 3.63) is 89.8 Å². The van der Waals surface area contributed by atoms with E-state index in [0.29, 0.717) is 22.8 Å². The molecule has 3 aromatic rings. The van der Waals surface area contributed by atoms with Gasteiger partial charge in [-0.25, -0.2) is 13.2 Å².